The number of carbonyl (C=O) groups is 2. The fraction of sp³-hybridized carbons (Fsp3) is 0.190. The van der Waals surface area contributed by atoms with Crippen molar-refractivity contribution in [3.8, 4) is 0 Å². The van der Waals surface area contributed by atoms with Crippen LogP contribution in [0.15, 0.2) is 53.0 Å². The Bertz CT molecular complexity index is 1060. The molecule has 28 heavy (non-hydrogen) atoms. The predicted molar refractivity (Wildman–Crippen MR) is 112 cm³/mol. The van der Waals surface area contributed by atoms with Crippen LogP contribution in [0.3, 0.4) is 0 Å². The number of nitrogens with zero attached hydrogens (tertiary/aromatic N) is 1. The summed E-state index contributed by atoms with van der Waals surface area (Å²) in [6, 6.07) is 15.3. The van der Waals surface area contributed by atoms with E-state index in [9.17, 15) is 9.59 Å². The molecule has 2 heterocycles. The Morgan fingerprint density at radius 1 is 1.29 bits per heavy atom. The molecule has 1 N–H and O–H groups in total. The van der Waals surface area contributed by atoms with E-state index < -0.39 is 12.1 Å². The van der Waals surface area contributed by atoms with Crippen LogP contribution in [-0.2, 0) is 22.4 Å². The van der Waals surface area contributed by atoms with Gasteiger partial charge in [-0.2, -0.15) is 0 Å². The Kier molecular flexibility index (Phi) is 5.28. The Balaban J connectivity index is 1.46. The van der Waals surface area contributed by atoms with Crippen molar-refractivity contribution in [2.45, 2.75) is 25.9 Å². The predicted octanol–water partition coefficient (Wildman–Crippen LogP) is 4.53. The summed E-state index contributed by atoms with van der Waals surface area (Å²) in [4.78, 5) is 30.3. The molecular weight excluding hydrogens is 440 g/mol. The summed E-state index contributed by atoms with van der Waals surface area (Å²) in [5.41, 5.74) is 3.39. The van der Waals surface area contributed by atoms with Crippen molar-refractivity contribution in [3.63, 3.8) is 0 Å². The third kappa shape index (κ3) is 4.00. The van der Waals surface area contributed by atoms with Gasteiger partial charge in [-0.3, -0.25) is 10.1 Å². The van der Waals surface area contributed by atoms with Gasteiger partial charge in [-0.25, -0.2) is 9.78 Å². The van der Waals surface area contributed by atoms with Gasteiger partial charge in [0.15, 0.2) is 11.2 Å². The molecule has 0 aliphatic carbocycles. The Hall–Kier alpha value is -2.51. The highest BCUT2D eigenvalue weighted by Crippen LogP contribution is 2.27. The summed E-state index contributed by atoms with van der Waals surface area (Å²) >= 11 is 4.92. The molecular formula is C21H17BrN2O3S. The topological polar surface area (TPSA) is 68.3 Å². The molecule has 7 heteroatoms. The highest BCUT2D eigenvalue weighted by molar-refractivity contribution is 9.10. The van der Waals surface area contributed by atoms with Gasteiger partial charge in [0.05, 0.1) is 11.3 Å². The van der Waals surface area contributed by atoms with Crippen LogP contribution in [0.1, 0.15) is 32.1 Å². The lowest BCUT2D eigenvalue weighted by Gasteiger charge is -2.23. The molecule has 0 spiro atoms. The SMILES string of the molecule is Cc1nc(NC(=O)C2Cc3ccccc3C(=O)O2)sc1Cc1cccc(Br)c1. The number of hydrogen-bond donors (Lipinski definition) is 1. The summed E-state index contributed by atoms with van der Waals surface area (Å²) in [6.45, 7) is 1.93. The Morgan fingerprint density at radius 2 is 2.11 bits per heavy atom. The van der Waals surface area contributed by atoms with Crippen molar-refractivity contribution in [2.24, 2.45) is 0 Å². The van der Waals surface area contributed by atoms with E-state index in [0.29, 0.717) is 17.1 Å². The van der Waals surface area contributed by atoms with Crippen LogP contribution in [0.2, 0.25) is 0 Å². The van der Waals surface area contributed by atoms with Crippen LogP contribution >= 0.6 is 27.3 Å². The normalized spacial score (nSPS) is 15.6. The van der Waals surface area contributed by atoms with Gasteiger partial charge in [0.2, 0.25) is 0 Å². The second kappa shape index (κ2) is 7.85. The number of aryl methyl sites for hydroxylation is 1. The molecule has 1 aromatic heterocycles. The smallest absolute Gasteiger partial charge is 0.339 e. The first-order valence-electron chi connectivity index (χ1n) is 8.80. The zero-order valence-electron chi connectivity index (χ0n) is 15.1. The number of cyclic esters (lactones) is 1. The molecule has 5 nitrogen and oxygen atoms in total. The van der Waals surface area contributed by atoms with E-state index in [0.717, 1.165) is 32.6 Å². The lowest BCUT2D eigenvalue weighted by molar-refractivity contribution is -0.125. The molecule has 0 bridgehead atoms. The van der Waals surface area contributed by atoms with Crippen molar-refractivity contribution in [1.82, 2.24) is 4.98 Å². The first-order chi connectivity index (χ1) is 13.5. The molecule has 0 saturated heterocycles. The number of fused-ring (bicyclic) bond motifs is 1. The number of rotatable bonds is 4. The Morgan fingerprint density at radius 3 is 2.93 bits per heavy atom. The van der Waals surface area contributed by atoms with E-state index in [2.05, 4.69) is 38.4 Å². The maximum atomic E-state index is 12.6. The number of hydrogen-bond acceptors (Lipinski definition) is 5. The van der Waals surface area contributed by atoms with E-state index in [-0.39, 0.29) is 5.91 Å². The fourth-order valence-corrected chi connectivity index (χ4v) is 4.59. The van der Waals surface area contributed by atoms with Crippen LogP contribution < -0.4 is 5.32 Å². The van der Waals surface area contributed by atoms with Crippen molar-refractivity contribution < 1.29 is 14.3 Å². The molecule has 0 saturated carbocycles. The lowest BCUT2D eigenvalue weighted by atomic mass is 9.98. The quantitative estimate of drug-likeness (QED) is 0.585. The van der Waals surface area contributed by atoms with Crippen molar-refractivity contribution in [2.75, 3.05) is 5.32 Å². The first kappa shape index (κ1) is 18.8. The van der Waals surface area contributed by atoms with Crippen molar-refractivity contribution in [1.29, 1.82) is 0 Å². The molecule has 142 valence electrons. The van der Waals surface area contributed by atoms with Gasteiger partial charge < -0.3 is 4.74 Å². The van der Waals surface area contributed by atoms with Gasteiger partial charge in [0.25, 0.3) is 5.91 Å². The second-order valence-electron chi connectivity index (χ2n) is 6.58. The minimum absolute atomic E-state index is 0.356. The fourth-order valence-electron chi connectivity index (χ4n) is 3.14. The minimum Gasteiger partial charge on any atom is -0.448 e. The van der Waals surface area contributed by atoms with Gasteiger partial charge in [-0.05, 0) is 36.2 Å². The molecule has 1 aliphatic rings. The highest BCUT2D eigenvalue weighted by Gasteiger charge is 2.31. The molecule has 0 radical (unpaired) electrons. The number of aromatic nitrogens is 1. The van der Waals surface area contributed by atoms with Gasteiger partial charge >= 0.3 is 5.97 Å². The number of ether oxygens (including phenoxy) is 1. The molecule has 3 aromatic rings. The lowest BCUT2D eigenvalue weighted by Crippen LogP contribution is -2.37. The van der Waals surface area contributed by atoms with E-state index >= 15 is 0 Å². The molecule has 1 amide bonds. The molecule has 1 atom stereocenters. The Labute approximate surface area is 174 Å². The molecule has 2 aromatic carbocycles. The molecule has 1 aliphatic heterocycles. The van der Waals surface area contributed by atoms with Crippen molar-refractivity contribution >= 4 is 44.3 Å². The number of carbonyl (C=O) groups excluding carboxylic acids is 2. The van der Waals surface area contributed by atoms with Crippen LogP contribution in [0, 0.1) is 6.92 Å². The number of halogens is 1. The summed E-state index contributed by atoms with van der Waals surface area (Å²) in [6.07, 6.45) is 0.258. The number of benzene rings is 2. The second-order valence-corrected chi connectivity index (χ2v) is 8.58. The van der Waals surface area contributed by atoms with E-state index in [4.69, 9.17) is 4.74 Å². The maximum Gasteiger partial charge on any atom is 0.339 e. The minimum atomic E-state index is -0.847. The monoisotopic (exact) mass is 456 g/mol. The largest absolute Gasteiger partial charge is 0.448 e. The average molecular weight is 457 g/mol. The van der Waals surface area contributed by atoms with E-state index in [1.807, 2.05) is 31.2 Å². The van der Waals surface area contributed by atoms with Crippen molar-refractivity contribution in [3.05, 3.63) is 80.3 Å². The highest BCUT2D eigenvalue weighted by atomic mass is 79.9. The summed E-state index contributed by atoms with van der Waals surface area (Å²) in [5, 5.41) is 3.32. The third-order valence-electron chi connectivity index (χ3n) is 4.56. The maximum absolute atomic E-state index is 12.6. The van der Waals surface area contributed by atoms with E-state index in [1.165, 1.54) is 11.3 Å². The average Bonchev–Trinajstić information content (AvgIpc) is 3.00. The van der Waals surface area contributed by atoms with E-state index in [1.54, 1.807) is 12.1 Å². The molecule has 0 fully saturated rings. The number of thiazole rings is 1. The third-order valence-corrected chi connectivity index (χ3v) is 6.13. The van der Waals surface area contributed by atoms with Gasteiger partial charge in [-0.15, -0.1) is 11.3 Å². The first-order valence-corrected chi connectivity index (χ1v) is 10.4. The van der Waals surface area contributed by atoms with Crippen LogP contribution in [0.4, 0.5) is 5.13 Å². The standard InChI is InChI=1S/C21H17BrN2O3S/c1-12-18(10-13-5-4-7-15(22)9-13)28-21(23-12)24-19(25)17-11-14-6-2-3-8-16(14)20(26)27-17/h2-9,17H,10-11H2,1H3,(H,23,24,25). The number of amides is 1. The van der Waals surface area contributed by atoms with Crippen LogP contribution in [0.5, 0.6) is 0 Å². The number of anilines is 1. The van der Waals surface area contributed by atoms with Gasteiger partial charge in [-0.1, -0.05) is 46.3 Å². The number of esters is 1. The zero-order valence-corrected chi connectivity index (χ0v) is 17.5. The summed E-state index contributed by atoms with van der Waals surface area (Å²) in [5.74, 6) is -0.821. The van der Waals surface area contributed by atoms with Gasteiger partial charge in [0, 0.05) is 22.2 Å². The molecule has 4 rings (SSSR count). The number of nitrogens with one attached hydrogen (secondary N) is 1. The summed E-state index contributed by atoms with van der Waals surface area (Å²) in [7, 11) is 0. The zero-order chi connectivity index (χ0) is 19.7. The molecule has 1 unspecified atom stereocenters. The van der Waals surface area contributed by atoms with Gasteiger partial charge in [0.1, 0.15) is 0 Å². The van der Waals surface area contributed by atoms with Crippen LogP contribution in [-0.4, -0.2) is 23.0 Å². The van der Waals surface area contributed by atoms with Crippen LogP contribution in [0.25, 0.3) is 0 Å². The summed E-state index contributed by atoms with van der Waals surface area (Å²) < 4.78 is 6.34.